The Hall–Kier alpha value is -2.92. The number of aryl methyl sites for hydroxylation is 2. The lowest BCUT2D eigenvalue weighted by Gasteiger charge is -2.14. The summed E-state index contributed by atoms with van der Waals surface area (Å²) < 4.78 is 12.8. The average Bonchev–Trinajstić information content (AvgIpc) is 2.80. The first kappa shape index (κ1) is 25.7. The fraction of sp³-hybridized carbons (Fsp3) is 0.160. The van der Waals surface area contributed by atoms with Crippen LogP contribution in [0.4, 0.5) is 5.69 Å². The van der Waals surface area contributed by atoms with E-state index in [2.05, 4.69) is 54.4 Å². The molecule has 0 spiro atoms. The van der Waals surface area contributed by atoms with Crippen molar-refractivity contribution in [3.63, 3.8) is 0 Å². The van der Waals surface area contributed by atoms with Crippen LogP contribution in [0.5, 0.6) is 11.5 Å². The van der Waals surface area contributed by atoms with E-state index in [0.29, 0.717) is 22.6 Å². The number of nitrogens with zero attached hydrogens (tertiary/aromatic N) is 1. The number of ether oxygens (including phenoxy) is 2. The number of rotatable bonds is 8. The van der Waals surface area contributed by atoms with Gasteiger partial charge in [0.2, 0.25) is 0 Å². The molecule has 2 amide bonds. The smallest absolute Gasteiger partial charge is 0.271 e. The molecule has 0 bridgehead atoms. The molecule has 0 atom stereocenters. The van der Waals surface area contributed by atoms with Gasteiger partial charge in [-0.25, -0.2) is 5.43 Å². The van der Waals surface area contributed by atoms with Crippen LogP contribution in [-0.4, -0.2) is 31.7 Å². The maximum atomic E-state index is 12.4. The third-order valence-electron chi connectivity index (χ3n) is 4.88. The maximum Gasteiger partial charge on any atom is 0.271 e. The molecule has 176 valence electrons. The van der Waals surface area contributed by atoms with Crippen LogP contribution in [0.1, 0.15) is 27.0 Å². The van der Waals surface area contributed by atoms with E-state index in [1.165, 1.54) is 13.3 Å². The van der Waals surface area contributed by atoms with Gasteiger partial charge in [-0.3, -0.25) is 9.59 Å². The fourth-order valence-electron chi connectivity index (χ4n) is 2.94. The Morgan fingerprint density at radius 3 is 2.47 bits per heavy atom. The number of carbonyl (C=O) groups excluding carboxylic acids is 2. The molecular formula is C25H23BrIN3O4. The zero-order valence-corrected chi connectivity index (χ0v) is 22.6. The average molecular weight is 636 g/mol. The SMILES string of the molecule is COc1cc(/C=N/NC(=O)c2ccc(Br)cc2)cc(I)c1OCC(=O)Nc1ccc(C)c(C)c1. The van der Waals surface area contributed by atoms with Crippen molar-refractivity contribution in [2.75, 3.05) is 19.0 Å². The first-order valence-corrected chi connectivity index (χ1v) is 12.1. The van der Waals surface area contributed by atoms with E-state index in [-0.39, 0.29) is 18.4 Å². The molecule has 3 aromatic carbocycles. The van der Waals surface area contributed by atoms with Crippen LogP contribution in [-0.2, 0) is 4.79 Å². The van der Waals surface area contributed by atoms with E-state index >= 15 is 0 Å². The highest BCUT2D eigenvalue weighted by Gasteiger charge is 2.14. The number of methoxy groups -OCH3 is 1. The molecule has 0 heterocycles. The molecule has 3 aromatic rings. The van der Waals surface area contributed by atoms with Crippen LogP contribution in [0.25, 0.3) is 0 Å². The quantitative estimate of drug-likeness (QED) is 0.195. The van der Waals surface area contributed by atoms with Gasteiger partial charge in [0.25, 0.3) is 11.8 Å². The highest BCUT2D eigenvalue weighted by molar-refractivity contribution is 14.1. The number of nitrogens with one attached hydrogen (secondary N) is 2. The largest absolute Gasteiger partial charge is 0.493 e. The molecule has 0 saturated heterocycles. The summed E-state index contributed by atoms with van der Waals surface area (Å²) in [7, 11) is 1.52. The Morgan fingerprint density at radius 1 is 1.06 bits per heavy atom. The topological polar surface area (TPSA) is 89.0 Å². The standard InChI is InChI=1S/C25H23BrIN3O4/c1-15-4-9-20(10-16(15)2)29-23(31)14-34-24-21(27)11-17(12-22(24)33-3)13-28-30-25(32)18-5-7-19(26)8-6-18/h4-13H,14H2,1-3H3,(H,29,31)(H,30,32)/b28-13+. The molecule has 0 aliphatic heterocycles. The van der Waals surface area contributed by atoms with Gasteiger partial charge in [0.05, 0.1) is 16.9 Å². The Kier molecular flexibility index (Phi) is 9.05. The van der Waals surface area contributed by atoms with Crippen LogP contribution in [0.2, 0.25) is 0 Å². The van der Waals surface area contributed by atoms with Crippen LogP contribution in [0.3, 0.4) is 0 Å². The molecule has 0 fully saturated rings. The molecule has 0 radical (unpaired) electrons. The Morgan fingerprint density at radius 2 is 1.79 bits per heavy atom. The Balaban J connectivity index is 1.62. The molecule has 0 unspecified atom stereocenters. The summed E-state index contributed by atoms with van der Waals surface area (Å²) >= 11 is 5.44. The van der Waals surface area contributed by atoms with Crippen molar-refractivity contribution in [3.8, 4) is 11.5 Å². The molecule has 7 nitrogen and oxygen atoms in total. The summed E-state index contributed by atoms with van der Waals surface area (Å²) in [5.74, 6) is 0.309. The Bertz CT molecular complexity index is 1230. The van der Waals surface area contributed by atoms with E-state index in [0.717, 1.165) is 24.9 Å². The zero-order valence-electron chi connectivity index (χ0n) is 18.8. The van der Waals surface area contributed by atoms with E-state index in [1.54, 1.807) is 30.3 Å². The minimum absolute atomic E-state index is 0.171. The second kappa shape index (κ2) is 12.0. The van der Waals surface area contributed by atoms with E-state index < -0.39 is 0 Å². The highest BCUT2D eigenvalue weighted by atomic mass is 127. The third-order valence-corrected chi connectivity index (χ3v) is 6.21. The molecule has 9 heteroatoms. The van der Waals surface area contributed by atoms with Gasteiger partial charge in [0, 0.05) is 15.7 Å². The summed E-state index contributed by atoms with van der Waals surface area (Å²) in [5.41, 5.74) is 6.66. The molecular weight excluding hydrogens is 613 g/mol. The number of benzene rings is 3. The van der Waals surface area contributed by atoms with E-state index in [9.17, 15) is 9.59 Å². The first-order valence-electron chi connectivity index (χ1n) is 10.2. The van der Waals surface area contributed by atoms with Crippen LogP contribution in [0, 0.1) is 17.4 Å². The van der Waals surface area contributed by atoms with Gasteiger partial charge in [-0.2, -0.15) is 5.10 Å². The molecule has 2 N–H and O–H groups in total. The minimum atomic E-state index is -0.319. The van der Waals surface area contributed by atoms with Gasteiger partial charge >= 0.3 is 0 Å². The van der Waals surface area contributed by atoms with Gasteiger partial charge in [-0.15, -0.1) is 0 Å². The summed E-state index contributed by atoms with van der Waals surface area (Å²) in [6, 6.07) is 16.2. The van der Waals surface area contributed by atoms with Gasteiger partial charge in [-0.1, -0.05) is 22.0 Å². The van der Waals surface area contributed by atoms with E-state index in [4.69, 9.17) is 9.47 Å². The fourth-order valence-corrected chi connectivity index (χ4v) is 3.99. The second-order valence-corrected chi connectivity index (χ2v) is 9.45. The summed E-state index contributed by atoms with van der Waals surface area (Å²) in [6.07, 6.45) is 1.51. The van der Waals surface area contributed by atoms with Gasteiger partial charge in [-0.05, 0) is 102 Å². The Labute approximate surface area is 220 Å². The summed E-state index contributed by atoms with van der Waals surface area (Å²) in [6.45, 7) is 3.84. The number of halogens is 2. The van der Waals surface area contributed by atoms with Crippen molar-refractivity contribution < 1.29 is 19.1 Å². The zero-order chi connectivity index (χ0) is 24.7. The minimum Gasteiger partial charge on any atom is -0.493 e. The number of anilines is 1. The molecule has 0 aliphatic rings. The number of hydrogen-bond donors (Lipinski definition) is 2. The highest BCUT2D eigenvalue weighted by Crippen LogP contribution is 2.33. The van der Waals surface area contributed by atoms with Gasteiger partial charge in [0.1, 0.15) is 0 Å². The monoisotopic (exact) mass is 635 g/mol. The third kappa shape index (κ3) is 7.04. The normalized spacial score (nSPS) is 10.7. The molecule has 34 heavy (non-hydrogen) atoms. The lowest BCUT2D eigenvalue weighted by Crippen LogP contribution is -2.20. The predicted molar refractivity (Wildman–Crippen MR) is 145 cm³/mol. The first-order chi connectivity index (χ1) is 16.3. The number of amides is 2. The summed E-state index contributed by atoms with van der Waals surface area (Å²) in [5, 5.41) is 6.85. The lowest BCUT2D eigenvalue weighted by atomic mass is 10.1. The van der Waals surface area contributed by atoms with Crippen molar-refractivity contribution in [1.29, 1.82) is 0 Å². The second-order valence-electron chi connectivity index (χ2n) is 7.38. The van der Waals surface area contributed by atoms with Crippen molar-refractivity contribution in [2.45, 2.75) is 13.8 Å². The molecule has 3 rings (SSSR count). The van der Waals surface area contributed by atoms with Crippen molar-refractivity contribution >= 4 is 62.2 Å². The number of hydrogen-bond acceptors (Lipinski definition) is 5. The van der Waals surface area contributed by atoms with Crippen molar-refractivity contribution in [2.24, 2.45) is 5.10 Å². The molecule has 0 aromatic heterocycles. The predicted octanol–water partition coefficient (Wildman–Crippen LogP) is 5.46. The maximum absolute atomic E-state index is 12.4. The van der Waals surface area contributed by atoms with Crippen LogP contribution >= 0.6 is 38.5 Å². The number of carbonyl (C=O) groups is 2. The van der Waals surface area contributed by atoms with Crippen LogP contribution in [0.15, 0.2) is 64.2 Å². The van der Waals surface area contributed by atoms with E-state index in [1.807, 2.05) is 38.1 Å². The molecule has 0 aliphatic carbocycles. The lowest BCUT2D eigenvalue weighted by molar-refractivity contribution is -0.118. The van der Waals surface area contributed by atoms with Crippen molar-refractivity contribution in [1.82, 2.24) is 5.43 Å². The van der Waals surface area contributed by atoms with Crippen LogP contribution < -0.4 is 20.2 Å². The van der Waals surface area contributed by atoms with Gasteiger partial charge < -0.3 is 14.8 Å². The van der Waals surface area contributed by atoms with Gasteiger partial charge in [0.15, 0.2) is 18.1 Å². The number of hydrazone groups is 1. The van der Waals surface area contributed by atoms with Crippen molar-refractivity contribution in [3.05, 3.63) is 84.9 Å². The molecule has 0 saturated carbocycles. The summed E-state index contributed by atoms with van der Waals surface area (Å²) in [4.78, 5) is 24.5.